The van der Waals surface area contributed by atoms with Gasteiger partial charge in [0.25, 0.3) is 5.91 Å². The van der Waals surface area contributed by atoms with Gasteiger partial charge in [-0.15, -0.1) is 0 Å². The molecule has 0 fully saturated rings. The van der Waals surface area contributed by atoms with E-state index in [-0.39, 0.29) is 12.5 Å². The van der Waals surface area contributed by atoms with E-state index in [4.69, 9.17) is 16.3 Å². The molecule has 6 heteroatoms. The number of carbonyl (C=O) groups is 1. The Morgan fingerprint density at radius 3 is 2.38 bits per heavy atom. The van der Waals surface area contributed by atoms with Crippen LogP contribution in [-0.4, -0.2) is 18.7 Å². The average Bonchev–Trinajstić information content (AvgIpc) is 2.74. The predicted octanol–water partition coefficient (Wildman–Crippen LogP) is 4.79. The van der Waals surface area contributed by atoms with Crippen molar-refractivity contribution in [1.82, 2.24) is 5.43 Å². The van der Waals surface area contributed by atoms with Crippen LogP contribution in [0.2, 0.25) is 5.02 Å². The highest BCUT2D eigenvalue weighted by Crippen LogP contribution is 2.14. The standard InChI is InChI=1S/C23H22ClN3O2/c1-17-2-4-19(5-3-17)16-29-22-12-6-18(7-13-22)14-26-27-23(28)15-25-21-10-8-20(24)9-11-21/h2-14,25H,15-16H2,1H3,(H,27,28)/b26-14-. The van der Waals surface area contributed by atoms with Gasteiger partial charge in [-0.1, -0.05) is 41.4 Å². The van der Waals surface area contributed by atoms with Crippen molar-refractivity contribution in [1.29, 1.82) is 0 Å². The Labute approximate surface area is 175 Å². The van der Waals surface area contributed by atoms with Gasteiger partial charge in [-0.05, 0) is 66.6 Å². The highest BCUT2D eigenvalue weighted by atomic mass is 35.5. The van der Waals surface area contributed by atoms with E-state index in [1.165, 1.54) is 5.56 Å². The lowest BCUT2D eigenvalue weighted by Crippen LogP contribution is -2.25. The first kappa shape index (κ1) is 20.4. The summed E-state index contributed by atoms with van der Waals surface area (Å²) in [7, 11) is 0. The minimum absolute atomic E-state index is 0.116. The molecular weight excluding hydrogens is 386 g/mol. The molecule has 0 aliphatic heterocycles. The minimum atomic E-state index is -0.241. The maximum atomic E-state index is 11.8. The van der Waals surface area contributed by atoms with E-state index >= 15 is 0 Å². The molecular formula is C23H22ClN3O2. The van der Waals surface area contributed by atoms with Crippen molar-refractivity contribution in [2.45, 2.75) is 13.5 Å². The second-order valence-electron chi connectivity index (χ2n) is 6.50. The largest absolute Gasteiger partial charge is 0.489 e. The average molecular weight is 408 g/mol. The van der Waals surface area contributed by atoms with Gasteiger partial charge in [-0.25, -0.2) is 5.43 Å². The van der Waals surface area contributed by atoms with Gasteiger partial charge in [0.2, 0.25) is 0 Å². The second kappa shape index (κ2) is 10.3. The van der Waals surface area contributed by atoms with Crippen LogP contribution in [0.1, 0.15) is 16.7 Å². The number of aryl methyl sites for hydroxylation is 1. The number of hydrogen-bond donors (Lipinski definition) is 2. The molecule has 0 heterocycles. The molecule has 0 aliphatic rings. The molecule has 0 bridgehead atoms. The molecule has 0 unspecified atom stereocenters. The number of benzene rings is 3. The van der Waals surface area contributed by atoms with Crippen LogP contribution < -0.4 is 15.5 Å². The smallest absolute Gasteiger partial charge is 0.259 e. The zero-order chi connectivity index (χ0) is 20.5. The lowest BCUT2D eigenvalue weighted by molar-refractivity contribution is -0.119. The number of halogens is 1. The Morgan fingerprint density at radius 2 is 1.69 bits per heavy atom. The fourth-order valence-electron chi connectivity index (χ4n) is 2.47. The molecule has 0 radical (unpaired) electrons. The first-order valence-electron chi connectivity index (χ1n) is 9.18. The third kappa shape index (κ3) is 6.97. The Morgan fingerprint density at radius 1 is 1.00 bits per heavy atom. The van der Waals surface area contributed by atoms with Gasteiger partial charge in [0.15, 0.2) is 0 Å². The summed E-state index contributed by atoms with van der Waals surface area (Å²) in [6, 6.07) is 22.9. The topological polar surface area (TPSA) is 62.7 Å². The fourth-order valence-corrected chi connectivity index (χ4v) is 2.60. The van der Waals surface area contributed by atoms with Crippen LogP contribution in [0, 0.1) is 6.92 Å². The number of amides is 1. The number of hydrogen-bond acceptors (Lipinski definition) is 4. The van der Waals surface area contributed by atoms with Crippen LogP contribution in [0.25, 0.3) is 0 Å². The molecule has 0 spiro atoms. The summed E-state index contributed by atoms with van der Waals surface area (Å²) >= 11 is 5.83. The fraction of sp³-hybridized carbons (Fsp3) is 0.130. The Balaban J connectivity index is 1.41. The van der Waals surface area contributed by atoms with Crippen LogP contribution >= 0.6 is 11.6 Å². The quantitative estimate of drug-likeness (QED) is 0.417. The molecule has 3 rings (SSSR count). The molecule has 0 aromatic heterocycles. The van der Waals surface area contributed by atoms with Gasteiger partial charge in [0, 0.05) is 10.7 Å². The third-order valence-corrected chi connectivity index (χ3v) is 4.36. The van der Waals surface area contributed by atoms with Crippen LogP contribution in [0.5, 0.6) is 5.75 Å². The number of nitrogens with zero attached hydrogens (tertiary/aromatic N) is 1. The third-order valence-electron chi connectivity index (χ3n) is 4.11. The van der Waals surface area contributed by atoms with Gasteiger partial charge >= 0.3 is 0 Å². The molecule has 29 heavy (non-hydrogen) atoms. The first-order valence-corrected chi connectivity index (χ1v) is 9.56. The van der Waals surface area contributed by atoms with Crippen molar-refractivity contribution in [2.24, 2.45) is 5.10 Å². The van der Waals surface area contributed by atoms with Crippen molar-refractivity contribution in [2.75, 3.05) is 11.9 Å². The number of anilines is 1. The van der Waals surface area contributed by atoms with Gasteiger partial charge in [-0.3, -0.25) is 4.79 Å². The number of rotatable bonds is 8. The van der Waals surface area contributed by atoms with Crippen LogP contribution in [0.15, 0.2) is 77.9 Å². The van der Waals surface area contributed by atoms with E-state index in [0.717, 1.165) is 22.6 Å². The molecule has 0 saturated carbocycles. The highest BCUT2D eigenvalue weighted by Gasteiger charge is 2.00. The van der Waals surface area contributed by atoms with Crippen molar-refractivity contribution in [3.63, 3.8) is 0 Å². The Bertz CT molecular complexity index is 953. The number of carbonyl (C=O) groups excluding carboxylic acids is 1. The van der Waals surface area contributed by atoms with Crippen LogP contribution in [0.3, 0.4) is 0 Å². The van der Waals surface area contributed by atoms with E-state index in [1.807, 2.05) is 24.3 Å². The van der Waals surface area contributed by atoms with Crippen LogP contribution in [-0.2, 0) is 11.4 Å². The van der Waals surface area contributed by atoms with Crippen molar-refractivity contribution < 1.29 is 9.53 Å². The van der Waals surface area contributed by atoms with E-state index in [0.29, 0.717) is 11.6 Å². The van der Waals surface area contributed by atoms with E-state index in [9.17, 15) is 4.79 Å². The molecule has 148 valence electrons. The van der Waals surface area contributed by atoms with Gasteiger partial charge in [0.05, 0.1) is 12.8 Å². The van der Waals surface area contributed by atoms with Gasteiger partial charge < -0.3 is 10.1 Å². The minimum Gasteiger partial charge on any atom is -0.489 e. The molecule has 0 saturated heterocycles. The van der Waals surface area contributed by atoms with Crippen molar-refractivity contribution >= 4 is 29.4 Å². The van der Waals surface area contributed by atoms with E-state index in [2.05, 4.69) is 47.0 Å². The Kier molecular flexibility index (Phi) is 7.25. The molecule has 0 aliphatic carbocycles. The summed E-state index contributed by atoms with van der Waals surface area (Å²) in [6.07, 6.45) is 1.59. The summed E-state index contributed by atoms with van der Waals surface area (Å²) in [5, 5.41) is 7.62. The first-order chi connectivity index (χ1) is 14.1. The zero-order valence-electron chi connectivity index (χ0n) is 16.1. The normalized spacial score (nSPS) is 10.7. The second-order valence-corrected chi connectivity index (χ2v) is 6.93. The van der Waals surface area contributed by atoms with Crippen molar-refractivity contribution in [3.8, 4) is 5.75 Å². The summed E-state index contributed by atoms with van der Waals surface area (Å²) in [5.74, 6) is 0.535. The SMILES string of the molecule is Cc1ccc(COc2ccc(/C=N\NC(=O)CNc3ccc(Cl)cc3)cc2)cc1. The van der Waals surface area contributed by atoms with Crippen LogP contribution in [0.4, 0.5) is 5.69 Å². The summed E-state index contributed by atoms with van der Waals surface area (Å²) in [6.45, 7) is 2.69. The van der Waals surface area contributed by atoms with Crippen molar-refractivity contribution in [3.05, 3.63) is 94.5 Å². The number of ether oxygens (including phenoxy) is 1. The molecule has 2 N–H and O–H groups in total. The lowest BCUT2D eigenvalue weighted by atomic mass is 10.2. The number of hydrazone groups is 1. The predicted molar refractivity (Wildman–Crippen MR) is 118 cm³/mol. The molecule has 5 nitrogen and oxygen atoms in total. The highest BCUT2D eigenvalue weighted by molar-refractivity contribution is 6.30. The van der Waals surface area contributed by atoms with Gasteiger partial charge in [-0.2, -0.15) is 5.10 Å². The van der Waals surface area contributed by atoms with E-state index < -0.39 is 0 Å². The van der Waals surface area contributed by atoms with Gasteiger partial charge in [0.1, 0.15) is 12.4 Å². The molecule has 0 atom stereocenters. The molecule has 1 amide bonds. The summed E-state index contributed by atoms with van der Waals surface area (Å²) in [4.78, 5) is 11.8. The summed E-state index contributed by atoms with van der Waals surface area (Å²) < 4.78 is 5.78. The lowest BCUT2D eigenvalue weighted by Gasteiger charge is -2.07. The molecule has 3 aromatic carbocycles. The Hall–Kier alpha value is -3.31. The number of nitrogens with one attached hydrogen (secondary N) is 2. The summed E-state index contributed by atoms with van der Waals surface area (Å²) in [5.41, 5.74) is 6.51. The maximum Gasteiger partial charge on any atom is 0.259 e. The zero-order valence-corrected chi connectivity index (χ0v) is 16.8. The molecule has 3 aromatic rings. The maximum absolute atomic E-state index is 11.8. The van der Waals surface area contributed by atoms with E-state index in [1.54, 1.807) is 30.5 Å². The monoisotopic (exact) mass is 407 g/mol.